The van der Waals surface area contributed by atoms with Gasteiger partial charge >= 0.3 is 0 Å². The highest BCUT2D eigenvalue weighted by molar-refractivity contribution is 5.36. The van der Waals surface area contributed by atoms with E-state index in [1.807, 2.05) is 0 Å². The maximum absolute atomic E-state index is 6.07. The number of ether oxygens (including phenoxy) is 1. The first-order valence-electron chi connectivity index (χ1n) is 6.19. The van der Waals surface area contributed by atoms with Crippen molar-refractivity contribution < 1.29 is 4.74 Å². The maximum atomic E-state index is 6.07. The summed E-state index contributed by atoms with van der Waals surface area (Å²) in [6.07, 6.45) is 2.50. The third-order valence-corrected chi connectivity index (χ3v) is 4.06. The van der Waals surface area contributed by atoms with Crippen LogP contribution in [0.5, 0.6) is 0 Å². The molecule has 1 aliphatic carbocycles. The number of morpholine rings is 1. The number of rotatable bonds is 1. The summed E-state index contributed by atoms with van der Waals surface area (Å²) in [7, 11) is 0. The molecule has 2 aliphatic rings. The predicted molar refractivity (Wildman–Crippen MR) is 64.5 cm³/mol. The van der Waals surface area contributed by atoms with Gasteiger partial charge < -0.3 is 10.1 Å². The van der Waals surface area contributed by atoms with Crippen molar-refractivity contribution in [3.8, 4) is 0 Å². The summed E-state index contributed by atoms with van der Waals surface area (Å²) in [5, 5.41) is 3.76. The maximum Gasteiger partial charge on any atom is 0.0984 e. The fourth-order valence-electron chi connectivity index (χ4n) is 2.86. The van der Waals surface area contributed by atoms with E-state index in [1.54, 1.807) is 0 Å². The molecule has 1 N–H and O–H groups in total. The Kier molecular flexibility index (Phi) is 2.30. The molecule has 1 aliphatic heterocycles. The number of benzene rings is 1. The molecule has 1 aromatic rings. The molecule has 2 heteroatoms. The van der Waals surface area contributed by atoms with Gasteiger partial charge in [0, 0.05) is 11.6 Å². The van der Waals surface area contributed by atoms with Gasteiger partial charge in [-0.1, -0.05) is 31.2 Å². The third-order valence-electron chi connectivity index (χ3n) is 4.06. The Labute approximate surface area is 97.0 Å². The van der Waals surface area contributed by atoms with E-state index in [1.165, 1.54) is 11.1 Å². The molecular weight excluding hydrogens is 198 g/mol. The SMILES string of the molecule is CCC1(C)COC2c3ccccc3CC2N1. The molecule has 0 amide bonds. The van der Waals surface area contributed by atoms with Crippen LogP contribution >= 0.6 is 0 Å². The van der Waals surface area contributed by atoms with Crippen molar-refractivity contribution in [2.45, 2.75) is 44.4 Å². The molecule has 1 aromatic carbocycles. The molecule has 3 atom stereocenters. The minimum absolute atomic E-state index is 0.156. The van der Waals surface area contributed by atoms with E-state index >= 15 is 0 Å². The van der Waals surface area contributed by atoms with Gasteiger partial charge in [-0.05, 0) is 30.9 Å². The average Bonchev–Trinajstić information content (AvgIpc) is 2.66. The molecular formula is C14H19NO. The van der Waals surface area contributed by atoms with Crippen LogP contribution in [0.1, 0.15) is 37.5 Å². The van der Waals surface area contributed by atoms with Gasteiger partial charge in [0.2, 0.25) is 0 Å². The summed E-state index contributed by atoms with van der Waals surface area (Å²) < 4.78 is 6.07. The predicted octanol–water partition coefficient (Wildman–Crippen LogP) is 2.44. The molecule has 0 aromatic heterocycles. The Hall–Kier alpha value is -0.860. The molecule has 3 rings (SSSR count). The standard InChI is InChI=1S/C14H19NO/c1-3-14(2)9-16-13-11-7-5-4-6-10(11)8-12(13)15-14/h4-7,12-13,15H,3,8-9H2,1-2H3. The highest BCUT2D eigenvalue weighted by Crippen LogP contribution is 2.38. The Bertz CT molecular complexity index is 403. The molecule has 0 bridgehead atoms. The molecule has 3 unspecified atom stereocenters. The molecule has 2 nitrogen and oxygen atoms in total. The van der Waals surface area contributed by atoms with E-state index in [0.29, 0.717) is 6.04 Å². The second kappa shape index (κ2) is 3.57. The topological polar surface area (TPSA) is 21.3 Å². The van der Waals surface area contributed by atoms with Crippen molar-refractivity contribution in [1.82, 2.24) is 5.32 Å². The second-order valence-electron chi connectivity index (χ2n) is 5.30. The first-order chi connectivity index (χ1) is 7.72. The number of hydrogen-bond donors (Lipinski definition) is 1. The van der Waals surface area contributed by atoms with Crippen LogP contribution in [-0.4, -0.2) is 18.2 Å². The van der Waals surface area contributed by atoms with Crippen LogP contribution in [0, 0.1) is 0 Å². The van der Waals surface area contributed by atoms with E-state index in [2.05, 4.69) is 43.4 Å². The van der Waals surface area contributed by atoms with Gasteiger partial charge in [-0.25, -0.2) is 0 Å². The lowest BCUT2D eigenvalue weighted by atomic mass is 9.94. The largest absolute Gasteiger partial charge is 0.370 e. The zero-order chi connectivity index (χ0) is 11.2. The summed E-state index contributed by atoms with van der Waals surface area (Å²) in [6.45, 7) is 5.30. The lowest BCUT2D eigenvalue weighted by Gasteiger charge is -2.41. The van der Waals surface area contributed by atoms with Crippen LogP contribution in [-0.2, 0) is 11.2 Å². The number of hydrogen-bond acceptors (Lipinski definition) is 2. The molecule has 1 heterocycles. The minimum Gasteiger partial charge on any atom is -0.370 e. The van der Waals surface area contributed by atoms with Crippen molar-refractivity contribution in [1.29, 1.82) is 0 Å². The van der Waals surface area contributed by atoms with Crippen molar-refractivity contribution in [3.63, 3.8) is 0 Å². The third kappa shape index (κ3) is 1.48. The van der Waals surface area contributed by atoms with Crippen LogP contribution in [0.25, 0.3) is 0 Å². The highest BCUT2D eigenvalue weighted by atomic mass is 16.5. The zero-order valence-electron chi connectivity index (χ0n) is 9.99. The molecule has 1 saturated heterocycles. The second-order valence-corrected chi connectivity index (χ2v) is 5.30. The molecule has 0 radical (unpaired) electrons. The van der Waals surface area contributed by atoms with Gasteiger partial charge in [0.25, 0.3) is 0 Å². The quantitative estimate of drug-likeness (QED) is 0.780. The van der Waals surface area contributed by atoms with E-state index in [-0.39, 0.29) is 11.6 Å². The summed E-state index contributed by atoms with van der Waals surface area (Å²) in [5.74, 6) is 0. The fraction of sp³-hybridized carbons (Fsp3) is 0.571. The van der Waals surface area contributed by atoms with Gasteiger partial charge in [-0.2, -0.15) is 0 Å². The molecule has 0 saturated carbocycles. The molecule has 1 fully saturated rings. The first kappa shape index (κ1) is 10.3. The van der Waals surface area contributed by atoms with E-state index in [0.717, 1.165) is 19.4 Å². The van der Waals surface area contributed by atoms with Crippen LogP contribution in [0.2, 0.25) is 0 Å². The Balaban J connectivity index is 1.88. The molecule has 86 valence electrons. The van der Waals surface area contributed by atoms with Gasteiger partial charge in [0.05, 0.1) is 12.7 Å². The van der Waals surface area contributed by atoms with Crippen molar-refractivity contribution in [2.75, 3.05) is 6.61 Å². The number of nitrogens with one attached hydrogen (secondary N) is 1. The van der Waals surface area contributed by atoms with Crippen molar-refractivity contribution >= 4 is 0 Å². The summed E-state index contributed by atoms with van der Waals surface area (Å²) in [4.78, 5) is 0. The average molecular weight is 217 g/mol. The van der Waals surface area contributed by atoms with E-state index < -0.39 is 0 Å². The van der Waals surface area contributed by atoms with Crippen LogP contribution in [0.15, 0.2) is 24.3 Å². The van der Waals surface area contributed by atoms with Crippen molar-refractivity contribution in [3.05, 3.63) is 35.4 Å². The van der Waals surface area contributed by atoms with Gasteiger partial charge in [-0.15, -0.1) is 0 Å². The minimum atomic E-state index is 0.156. The lowest BCUT2D eigenvalue weighted by Crippen LogP contribution is -2.57. The number of fused-ring (bicyclic) bond motifs is 3. The normalized spacial score (nSPS) is 36.9. The Morgan fingerprint density at radius 2 is 2.25 bits per heavy atom. The Morgan fingerprint density at radius 3 is 3.06 bits per heavy atom. The van der Waals surface area contributed by atoms with Gasteiger partial charge in [-0.3, -0.25) is 0 Å². The van der Waals surface area contributed by atoms with Crippen molar-refractivity contribution in [2.24, 2.45) is 0 Å². The van der Waals surface area contributed by atoms with Crippen LogP contribution < -0.4 is 5.32 Å². The smallest absolute Gasteiger partial charge is 0.0984 e. The molecule has 0 spiro atoms. The summed E-state index contributed by atoms with van der Waals surface area (Å²) in [6, 6.07) is 9.13. The summed E-state index contributed by atoms with van der Waals surface area (Å²) >= 11 is 0. The Morgan fingerprint density at radius 1 is 1.44 bits per heavy atom. The monoisotopic (exact) mass is 217 g/mol. The van der Waals surface area contributed by atoms with Crippen LogP contribution in [0.3, 0.4) is 0 Å². The fourth-order valence-corrected chi connectivity index (χ4v) is 2.86. The summed E-state index contributed by atoms with van der Waals surface area (Å²) in [5.41, 5.74) is 2.99. The first-order valence-corrected chi connectivity index (χ1v) is 6.19. The highest BCUT2D eigenvalue weighted by Gasteiger charge is 2.41. The van der Waals surface area contributed by atoms with Crippen LogP contribution in [0.4, 0.5) is 0 Å². The van der Waals surface area contributed by atoms with Gasteiger partial charge in [0.1, 0.15) is 0 Å². The van der Waals surface area contributed by atoms with E-state index in [9.17, 15) is 0 Å². The van der Waals surface area contributed by atoms with E-state index in [4.69, 9.17) is 4.74 Å². The molecule has 16 heavy (non-hydrogen) atoms. The zero-order valence-corrected chi connectivity index (χ0v) is 9.99. The lowest BCUT2D eigenvalue weighted by molar-refractivity contribution is -0.0532. The van der Waals surface area contributed by atoms with Gasteiger partial charge in [0.15, 0.2) is 0 Å².